The van der Waals surface area contributed by atoms with Gasteiger partial charge in [0.2, 0.25) is 0 Å². The Morgan fingerprint density at radius 3 is 2.43 bits per heavy atom. The summed E-state index contributed by atoms with van der Waals surface area (Å²) in [6.45, 7) is 2.45. The molecule has 7 heteroatoms. The van der Waals surface area contributed by atoms with E-state index in [1.165, 1.54) is 11.1 Å². The monoisotopic (exact) mass is 286 g/mol. The van der Waals surface area contributed by atoms with Crippen LogP contribution in [-0.2, 0) is 13.1 Å². The summed E-state index contributed by atoms with van der Waals surface area (Å²) in [6, 6.07) is 8.14. The average Bonchev–Trinajstić information content (AvgIpc) is 3.03. The largest absolute Gasteiger partial charge is 0.438 e. The Balaban J connectivity index is 1.39. The van der Waals surface area contributed by atoms with Crippen LogP contribution in [0.2, 0.25) is 0 Å². The van der Waals surface area contributed by atoms with E-state index in [4.69, 9.17) is 0 Å². The van der Waals surface area contributed by atoms with Crippen LogP contribution in [0.25, 0.3) is 0 Å². The molecule has 0 atom stereocenters. The van der Waals surface area contributed by atoms with Crippen molar-refractivity contribution in [2.45, 2.75) is 19.0 Å². The zero-order valence-electron chi connectivity index (χ0n) is 11.3. The first-order valence-corrected chi connectivity index (χ1v) is 6.87. The second-order valence-corrected chi connectivity index (χ2v) is 5.49. The lowest BCUT2D eigenvalue weighted by molar-refractivity contribution is 0.111. The molecule has 1 fully saturated rings. The topological polar surface area (TPSA) is 82.4 Å². The van der Waals surface area contributed by atoms with Crippen LogP contribution in [0.4, 0.5) is 4.79 Å². The number of likely N-dealkylation sites (tertiary alicyclic amines) is 1. The van der Waals surface area contributed by atoms with Crippen LogP contribution in [0.15, 0.2) is 33.6 Å². The number of amides is 2. The van der Waals surface area contributed by atoms with E-state index in [1.807, 2.05) is 17.0 Å². The predicted octanol–water partition coefficient (Wildman–Crippen LogP) is 0.898. The van der Waals surface area contributed by atoms with E-state index in [2.05, 4.69) is 26.8 Å². The molecule has 108 valence electrons. The number of H-pyrrole nitrogens is 1. The molecule has 1 saturated heterocycles. The van der Waals surface area contributed by atoms with Crippen LogP contribution in [0.5, 0.6) is 0 Å². The third kappa shape index (κ3) is 2.01. The zero-order valence-corrected chi connectivity index (χ0v) is 11.3. The van der Waals surface area contributed by atoms with E-state index < -0.39 is 5.76 Å². The molecule has 2 aliphatic rings. The first kappa shape index (κ1) is 12.2. The Hall–Kier alpha value is -2.57. The summed E-state index contributed by atoms with van der Waals surface area (Å²) < 4.78 is 4.48. The van der Waals surface area contributed by atoms with Gasteiger partial charge in [0, 0.05) is 26.2 Å². The van der Waals surface area contributed by atoms with Crippen molar-refractivity contribution in [2.24, 2.45) is 0 Å². The van der Waals surface area contributed by atoms with Crippen molar-refractivity contribution in [1.29, 1.82) is 0 Å². The predicted molar refractivity (Wildman–Crippen MR) is 72.5 cm³/mol. The van der Waals surface area contributed by atoms with Gasteiger partial charge in [0.05, 0.1) is 5.92 Å². The summed E-state index contributed by atoms with van der Waals surface area (Å²) in [6.07, 6.45) is 0. The van der Waals surface area contributed by atoms with Gasteiger partial charge in [0.25, 0.3) is 0 Å². The highest BCUT2D eigenvalue weighted by Crippen LogP contribution is 2.28. The first-order valence-electron chi connectivity index (χ1n) is 6.87. The van der Waals surface area contributed by atoms with Crippen molar-refractivity contribution in [3.63, 3.8) is 0 Å². The van der Waals surface area contributed by atoms with Crippen LogP contribution < -0.4 is 5.76 Å². The summed E-state index contributed by atoms with van der Waals surface area (Å²) in [5, 5.41) is 3.67. The highest BCUT2D eigenvalue weighted by Gasteiger charge is 2.37. The summed E-state index contributed by atoms with van der Waals surface area (Å²) >= 11 is 0. The quantitative estimate of drug-likeness (QED) is 0.844. The van der Waals surface area contributed by atoms with Crippen molar-refractivity contribution in [3.05, 3.63) is 51.8 Å². The lowest BCUT2D eigenvalue weighted by Crippen LogP contribution is -2.53. The molecule has 2 amide bonds. The Bertz CT molecular complexity index is 719. The van der Waals surface area contributed by atoms with Crippen molar-refractivity contribution in [2.75, 3.05) is 13.1 Å². The Morgan fingerprint density at radius 2 is 1.86 bits per heavy atom. The molecule has 0 unspecified atom stereocenters. The number of fused-ring (bicyclic) bond motifs is 1. The van der Waals surface area contributed by atoms with Crippen molar-refractivity contribution in [1.82, 2.24) is 19.9 Å². The minimum absolute atomic E-state index is 0.0355. The molecule has 3 heterocycles. The summed E-state index contributed by atoms with van der Waals surface area (Å²) in [7, 11) is 0. The number of benzene rings is 1. The lowest BCUT2D eigenvalue weighted by Gasteiger charge is -2.39. The Labute approximate surface area is 120 Å². The van der Waals surface area contributed by atoms with Gasteiger partial charge in [-0.25, -0.2) is 9.59 Å². The third-order valence-corrected chi connectivity index (χ3v) is 4.11. The number of nitrogens with one attached hydrogen (secondary N) is 1. The highest BCUT2D eigenvalue weighted by atomic mass is 16.5. The number of nitrogens with zero attached hydrogens (tertiary/aromatic N) is 3. The van der Waals surface area contributed by atoms with Crippen LogP contribution >= 0.6 is 0 Å². The molecular formula is C14H14N4O3. The molecule has 2 aliphatic heterocycles. The lowest BCUT2D eigenvalue weighted by atomic mass is 10.0. The Kier molecular flexibility index (Phi) is 2.60. The second-order valence-electron chi connectivity index (χ2n) is 5.49. The summed E-state index contributed by atoms with van der Waals surface area (Å²) in [4.78, 5) is 29.5. The molecule has 2 aromatic rings. The van der Waals surface area contributed by atoms with E-state index in [0.717, 1.165) is 0 Å². The van der Waals surface area contributed by atoms with E-state index >= 15 is 0 Å². The maximum absolute atomic E-state index is 12.4. The van der Waals surface area contributed by atoms with E-state index in [0.29, 0.717) is 32.0 Å². The molecule has 0 aliphatic carbocycles. The van der Waals surface area contributed by atoms with E-state index in [-0.39, 0.29) is 11.9 Å². The Morgan fingerprint density at radius 1 is 1.19 bits per heavy atom. The number of urea groups is 1. The minimum atomic E-state index is -0.551. The van der Waals surface area contributed by atoms with Crippen LogP contribution in [-0.4, -0.2) is 39.1 Å². The van der Waals surface area contributed by atoms with Gasteiger partial charge < -0.3 is 9.80 Å². The molecule has 0 spiro atoms. The van der Waals surface area contributed by atoms with Crippen LogP contribution in [0.3, 0.4) is 0 Å². The summed E-state index contributed by atoms with van der Waals surface area (Å²) in [5.41, 5.74) is 2.42. The van der Waals surface area contributed by atoms with Gasteiger partial charge in [-0.3, -0.25) is 9.51 Å². The number of hydrogen-bond acceptors (Lipinski definition) is 4. The fourth-order valence-corrected chi connectivity index (χ4v) is 2.89. The molecule has 21 heavy (non-hydrogen) atoms. The number of aromatic amines is 1. The van der Waals surface area contributed by atoms with Crippen molar-refractivity contribution in [3.8, 4) is 0 Å². The van der Waals surface area contributed by atoms with Gasteiger partial charge >= 0.3 is 11.8 Å². The van der Waals surface area contributed by atoms with E-state index in [9.17, 15) is 9.59 Å². The molecule has 1 aromatic carbocycles. The third-order valence-electron chi connectivity index (χ3n) is 4.11. The van der Waals surface area contributed by atoms with Gasteiger partial charge in [0.15, 0.2) is 5.82 Å². The number of hydrogen-bond donors (Lipinski definition) is 1. The van der Waals surface area contributed by atoms with Gasteiger partial charge in [-0.15, -0.1) is 0 Å². The normalized spacial score (nSPS) is 17.7. The average molecular weight is 286 g/mol. The SMILES string of the molecule is O=C(N1Cc2ccccc2C1)N1CC(c2noc(=O)[nH]2)C1. The van der Waals surface area contributed by atoms with Gasteiger partial charge in [0.1, 0.15) is 0 Å². The molecular weight excluding hydrogens is 272 g/mol. The molecule has 4 rings (SSSR count). The molecule has 0 bridgehead atoms. The molecule has 1 N–H and O–H groups in total. The highest BCUT2D eigenvalue weighted by molar-refractivity contribution is 5.76. The van der Waals surface area contributed by atoms with Gasteiger partial charge in [-0.2, -0.15) is 0 Å². The minimum Gasteiger partial charge on any atom is -0.323 e. The van der Waals surface area contributed by atoms with Crippen LogP contribution in [0, 0.1) is 0 Å². The standard InChI is InChI=1S/C14H14N4O3/c19-13-15-12(16-21-13)11-7-18(8-11)14(20)17-5-9-3-1-2-4-10(9)6-17/h1-4,11H,5-8H2,(H,15,16,19). The fraction of sp³-hybridized carbons (Fsp3) is 0.357. The van der Waals surface area contributed by atoms with Gasteiger partial charge in [-0.05, 0) is 11.1 Å². The number of aromatic nitrogens is 2. The van der Waals surface area contributed by atoms with Gasteiger partial charge in [-0.1, -0.05) is 29.4 Å². The molecule has 7 nitrogen and oxygen atoms in total. The van der Waals surface area contributed by atoms with E-state index in [1.54, 1.807) is 4.90 Å². The number of carbonyl (C=O) groups excluding carboxylic acids is 1. The van der Waals surface area contributed by atoms with Crippen molar-refractivity contribution >= 4 is 6.03 Å². The number of carbonyl (C=O) groups is 1. The summed E-state index contributed by atoms with van der Waals surface area (Å²) in [5.74, 6) is 0.0314. The molecule has 0 saturated carbocycles. The van der Waals surface area contributed by atoms with Crippen LogP contribution in [0.1, 0.15) is 22.9 Å². The first-order chi connectivity index (χ1) is 10.2. The molecule has 1 aromatic heterocycles. The second kappa shape index (κ2) is 4.47. The maximum Gasteiger partial charge on any atom is 0.438 e. The molecule has 0 radical (unpaired) electrons. The zero-order chi connectivity index (χ0) is 14.4. The maximum atomic E-state index is 12.4. The number of rotatable bonds is 1. The van der Waals surface area contributed by atoms with Crippen molar-refractivity contribution < 1.29 is 9.32 Å². The fourth-order valence-electron chi connectivity index (χ4n) is 2.89. The smallest absolute Gasteiger partial charge is 0.323 e.